The molecule has 1 aliphatic carbocycles. The molecule has 0 radical (unpaired) electrons. The molecule has 2 aromatic rings. The number of nitrogens with zero attached hydrogens (tertiary/aromatic N) is 2. The average molecular weight is 431 g/mol. The number of sulfonamides is 1. The fourth-order valence-corrected chi connectivity index (χ4v) is 4.76. The number of aryl methyl sites for hydroxylation is 2. The molecule has 2 aromatic carbocycles. The van der Waals surface area contributed by atoms with Gasteiger partial charge in [0, 0.05) is 17.8 Å². The lowest BCUT2D eigenvalue weighted by atomic mass is 10.1. The normalized spacial score (nSPS) is 14.7. The van der Waals surface area contributed by atoms with E-state index in [-0.39, 0.29) is 16.3 Å². The van der Waals surface area contributed by atoms with Crippen molar-refractivity contribution >= 4 is 32.8 Å². The molecule has 0 heterocycles. The first-order valence-electron chi connectivity index (χ1n) is 9.96. The summed E-state index contributed by atoms with van der Waals surface area (Å²) in [5.41, 5.74) is 5.92. The summed E-state index contributed by atoms with van der Waals surface area (Å²) in [4.78, 5) is 10.4. The summed E-state index contributed by atoms with van der Waals surface area (Å²) in [6.07, 6.45) is 6.16. The predicted molar refractivity (Wildman–Crippen MR) is 119 cm³/mol. The van der Waals surface area contributed by atoms with Crippen LogP contribution < -0.4 is 10.1 Å². The molecular weight excluding hydrogens is 404 g/mol. The number of hydrogen-bond donors (Lipinski definition) is 2. The Morgan fingerprint density at radius 1 is 0.967 bits per heavy atom. The highest BCUT2D eigenvalue weighted by molar-refractivity contribution is 7.92. The van der Waals surface area contributed by atoms with Crippen LogP contribution in [0.3, 0.4) is 0 Å². The number of nitro benzene ring substituents is 1. The maximum Gasteiger partial charge on any atom is 0.270 e. The Balaban J connectivity index is 1.96. The summed E-state index contributed by atoms with van der Waals surface area (Å²) in [5.74, 6) is 0. The van der Waals surface area contributed by atoms with Gasteiger partial charge in [-0.3, -0.25) is 20.3 Å². The third kappa shape index (κ3) is 5.35. The van der Waals surface area contributed by atoms with Gasteiger partial charge in [0.05, 0.1) is 16.3 Å². The van der Waals surface area contributed by atoms with Crippen molar-refractivity contribution in [1.82, 2.24) is 0 Å². The monoisotopic (exact) mass is 430 g/mol. The van der Waals surface area contributed by atoms with Gasteiger partial charge in [-0.1, -0.05) is 30.5 Å². The molecule has 0 aromatic heterocycles. The minimum absolute atomic E-state index is 0.203. The van der Waals surface area contributed by atoms with Gasteiger partial charge in [-0.2, -0.15) is 5.10 Å². The molecule has 0 aliphatic heterocycles. The van der Waals surface area contributed by atoms with E-state index < -0.39 is 14.9 Å². The highest BCUT2D eigenvalue weighted by Gasteiger charge is 2.23. The lowest BCUT2D eigenvalue weighted by Gasteiger charge is -2.14. The van der Waals surface area contributed by atoms with E-state index in [0.29, 0.717) is 5.69 Å². The Kier molecular flexibility index (Phi) is 6.71. The van der Waals surface area contributed by atoms with Crippen LogP contribution in [0.5, 0.6) is 0 Å². The summed E-state index contributed by atoms with van der Waals surface area (Å²) in [7, 11) is -4.08. The molecule has 0 saturated heterocycles. The highest BCUT2D eigenvalue weighted by Crippen LogP contribution is 2.29. The second kappa shape index (κ2) is 9.25. The Labute approximate surface area is 176 Å². The van der Waals surface area contributed by atoms with Gasteiger partial charge in [-0.25, -0.2) is 8.42 Å². The van der Waals surface area contributed by atoms with E-state index in [0.717, 1.165) is 61.4 Å². The third-order valence-corrected chi connectivity index (χ3v) is 6.51. The van der Waals surface area contributed by atoms with Gasteiger partial charge in [0.15, 0.2) is 0 Å². The van der Waals surface area contributed by atoms with Crippen molar-refractivity contribution in [1.29, 1.82) is 0 Å². The van der Waals surface area contributed by atoms with Crippen LogP contribution in [-0.2, 0) is 10.0 Å². The zero-order valence-electron chi connectivity index (χ0n) is 17.1. The first kappa shape index (κ1) is 21.8. The zero-order valence-corrected chi connectivity index (χ0v) is 18.0. The number of hydrazone groups is 1. The Bertz CT molecular complexity index is 1070. The maximum absolute atomic E-state index is 13.1. The van der Waals surface area contributed by atoms with Gasteiger partial charge >= 0.3 is 0 Å². The minimum Gasteiger partial charge on any atom is -0.279 e. The number of nitrogens with one attached hydrogen (secondary N) is 2. The van der Waals surface area contributed by atoms with Crippen LogP contribution >= 0.6 is 0 Å². The molecule has 0 amide bonds. The van der Waals surface area contributed by atoms with E-state index in [2.05, 4.69) is 15.2 Å². The van der Waals surface area contributed by atoms with Gasteiger partial charge in [-0.05, 0) is 57.2 Å². The number of benzene rings is 2. The molecule has 30 heavy (non-hydrogen) atoms. The highest BCUT2D eigenvalue weighted by atomic mass is 32.2. The van der Waals surface area contributed by atoms with Crippen LogP contribution in [0.15, 0.2) is 46.4 Å². The lowest BCUT2D eigenvalue weighted by molar-refractivity contribution is -0.385. The second-order valence-electron chi connectivity index (χ2n) is 7.57. The smallest absolute Gasteiger partial charge is 0.270 e. The Morgan fingerprint density at radius 3 is 2.27 bits per heavy atom. The molecule has 3 rings (SSSR count). The van der Waals surface area contributed by atoms with Crippen molar-refractivity contribution in [2.24, 2.45) is 5.10 Å². The molecule has 0 atom stereocenters. The number of rotatable bonds is 6. The van der Waals surface area contributed by atoms with E-state index in [1.165, 1.54) is 12.1 Å². The molecule has 2 N–H and O–H groups in total. The molecule has 0 spiro atoms. The first-order valence-corrected chi connectivity index (χ1v) is 11.4. The van der Waals surface area contributed by atoms with E-state index in [9.17, 15) is 18.5 Å². The van der Waals surface area contributed by atoms with E-state index in [1.807, 2.05) is 13.0 Å². The number of non-ortho nitro benzene ring substituents is 1. The zero-order chi connectivity index (χ0) is 21.7. The molecule has 0 bridgehead atoms. The third-order valence-electron chi connectivity index (χ3n) is 5.11. The van der Waals surface area contributed by atoms with Crippen molar-refractivity contribution in [2.45, 2.75) is 57.3 Å². The Hall–Kier alpha value is -2.94. The van der Waals surface area contributed by atoms with Crippen LogP contribution in [0.4, 0.5) is 17.1 Å². The largest absolute Gasteiger partial charge is 0.279 e. The second-order valence-corrected chi connectivity index (χ2v) is 9.22. The van der Waals surface area contributed by atoms with Crippen molar-refractivity contribution in [3.63, 3.8) is 0 Å². The standard InChI is InChI=1S/C21H26N4O4S/c1-15-9-11-19(16(2)13-15)24-30(28,29)21-14-18(25(26)27)10-12-20(21)23-22-17-7-5-3-4-6-8-17/h9-14,23-24H,3-8H2,1-2H3. The molecule has 8 nitrogen and oxygen atoms in total. The van der Waals surface area contributed by atoms with Gasteiger partial charge in [0.1, 0.15) is 4.90 Å². The fourth-order valence-electron chi connectivity index (χ4n) is 3.45. The minimum atomic E-state index is -4.08. The Morgan fingerprint density at radius 2 is 1.63 bits per heavy atom. The SMILES string of the molecule is Cc1ccc(NS(=O)(=O)c2cc([N+](=O)[O-])ccc2NN=C2CCCCCC2)c(C)c1. The van der Waals surface area contributed by atoms with Gasteiger partial charge < -0.3 is 0 Å². The quantitative estimate of drug-likeness (QED) is 0.374. The lowest BCUT2D eigenvalue weighted by Crippen LogP contribution is -2.16. The van der Waals surface area contributed by atoms with Crippen LogP contribution in [0.25, 0.3) is 0 Å². The van der Waals surface area contributed by atoms with Crippen molar-refractivity contribution in [2.75, 3.05) is 10.1 Å². The van der Waals surface area contributed by atoms with E-state index in [4.69, 9.17) is 0 Å². The molecular formula is C21H26N4O4S. The summed E-state index contributed by atoms with van der Waals surface area (Å²) in [6, 6.07) is 9.05. The molecule has 9 heteroatoms. The average Bonchev–Trinajstić information content (AvgIpc) is 2.97. The van der Waals surface area contributed by atoms with Crippen LogP contribution in [0.2, 0.25) is 0 Å². The number of nitro groups is 1. The van der Waals surface area contributed by atoms with Gasteiger partial charge in [0.2, 0.25) is 0 Å². The number of anilines is 2. The van der Waals surface area contributed by atoms with Gasteiger partial charge in [0.25, 0.3) is 15.7 Å². The maximum atomic E-state index is 13.1. The van der Waals surface area contributed by atoms with Gasteiger partial charge in [-0.15, -0.1) is 0 Å². The number of hydrogen-bond acceptors (Lipinski definition) is 6. The molecule has 1 fully saturated rings. The van der Waals surface area contributed by atoms with Crippen molar-refractivity contribution in [3.05, 3.63) is 57.6 Å². The summed E-state index contributed by atoms with van der Waals surface area (Å²) in [5, 5.41) is 15.6. The predicted octanol–water partition coefficient (Wildman–Crippen LogP) is 5.13. The fraction of sp³-hybridized carbons (Fsp3) is 0.381. The molecule has 1 saturated carbocycles. The first-order chi connectivity index (χ1) is 14.3. The van der Waals surface area contributed by atoms with Crippen LogP contribution in [0, 0.1) is 24.0 Å². The van der Waals surface area contributed by atoms with Crippen molar-refractivity contribution in [3.8, 4) is 0 Å². The van der Waals surface area contributed by atoms with E-state index >= 15 is 0 Å². The molecule has 160 valence electrons. The van der Waals surface area contributed by atoms with E-state index in [1.54, 1.807) is 19.1 Å². The summed E-state index contributed by atoms with van der Waals surface area (Å²) < 4.78 is 28.8. The molecule has 0 unspecified atom stereocenters. The topological polar surface area (TPSA) is 114 Å². The summed E-state index contributed by atoms with van der Waals surface area (Å²) in [6.45, 7) is 3.72. The summed E-state index contributed by atoms with van der Waals surface area (Å²) >= 11 is 0. The molecule has 1 aliphatic rings. The van der Waals surface area contributed by atoms with Crippen LogP contribution in [0.1, 0.15) is 49.7 Å². The van der Waals surface area contributed by atoms with Crippen molar-refractivity contribution < 1.29 is 13.3 Å². The van der Waals surface area contributed by atoms with Crippen LogP contribution in [-0.4, -0.2) is 19.1 Å².